The first-order chi connectivity index (χ1) is 13.8. The summed E-state index contributed by atoms with van der Waals surface area (Å²) in [6.07, 6.45) is 14.6. The van der Waals surface area contributed by atoms with Crippen LogP contribution in [0.2, 0.25) is 0 Å². The Morgan fingerprint density at radius 2 is 1.90 bits per heavy atom. The van der Waals surface area contributed by atoms with Crippen LogP contribution >= 0.6 is 0 Å². The molecule has 0 spiro atoms. The van der Waals surface area contributed by atoms with Crippen LogP contribution in [-0.2, 0) is 9.53 Å². The molecule has 1 rings (SSSR count). The average Bonchev–Trinajstić information content (AvgIpc) is 3.02. The van der Waals surface area contributed by atoms with Gasteiger partial charge in [0.05, 0.1) is 18.8 Å². The van der Waals surface area contributed by atoms with Gasteiger partial charge in [0.15, 0.2) is 0 Å². The van der Waals surface area contributed by atoms with Gasteiger partial charge in [-0.3, -0.25) is 0 Å². The highest BCUT2D eigenvalue weighted by molar-refractivity contribution is 5.75. The van der Waals surface area contributed by atoms with Crippen LogP contribution in [-0.4, -0.2) is 51.0 Å². The van der Waals surface area contributed by atoms with E-state index in [0.29, 0.717) is 12.3 Å². The minimum atomic E-state index is -2.24. The zero-order chi connectivity index (χ0) is 21.7. The number of allylic oxidation sites excluding steroid dienone is 2. The highest BCUT2D eigenvalue weighted by atomic mass is 16.6. The largest absolute Gasteiger partial charge is 0.477 e. The third-order valence-electron chi connectivity index (χ3n) is 5.90. The number of hydrogen-bond donors (Lipinski definition) is 4. The summed E-state index contributed by atoms with van der Waals surface area (Å²) in [6, 6.07) is 0. The third-order valence-corrected chi connectivity index (χ3v) is 5.90. The standard InChI is InChI=1S/C23H42O6/c1-3-4-5-6-7-9-12-19-14-15-21(25)20(19)13-10-8-11-16-23(28,22(26)27)29-17-18(2)24/h9,12,18-21,24-25,28H,3-8,10-11,13-17H2,1-2H3,(H,26,27)/t18?,19-,20+,21-,23?/m0/s1. The Morgan fingerprint density at radius 1 is 1.17 bits per heavy atom. The van der Waals surface area contributed by atoms with Crippen molar-refractivity contribution in [2.24, 2.45) is 11.8 Å². The van der Waals surface area contributed by atoms with Gasteiger partial charge in [-0.1, -0.05) is 51.2 Å². The van der Waals surface area contributed by atoms with Crippen molar-refractivity contribution in [1.29, 1.82) is 0 Å². The number of aliphatic carboxylic acids is 1. The van der Waals surface area contributed by atoms with Crippen molar-refractivity contribution in [3.8, 4) is 0 Å². The second-order valence-corrected chi connectivity index (χ2v) is 8.60. The van der Waals surface area contributed by atoms with Crippen LogP contribution in [0.25, 0.3) is 0 Å². The van der Waals surface area contributed by atoms with E-state index in [1.807, 2.05) is 0 Å². The molecule has 170 valence electrons. The molecule has 1 aliphatic rings. The summed E-state index contributed by atoms with van der Waals surface area (Å²) < 4.78 is 5.00. The zero-order valence-corrected chi connectivity index (χ0v) is 18.3. The fourth-order valence-corrected chi connectivity index (χ4v) is 4.10. The smallest absolute Gasteiger partial charge is 0.364 e. The molecule has 6 nitrogen and oxygen atoms in total. The summed E-state index contributed by atoms with van der Waals surface area (Å²) >= 11 is 0. The molecule has 0 aromatic heterocycles. The molecule has 2 unspecified atom stereocenters. The molecule has 0 saturated heterocycles. The molecular formula is C23H42O6. The summed E-state index contributed by atoms with van der Waals surface area (Å²) in [5.74, 6) is -2.96. The molecule has 29 heavy (non-hydrogen) atoms. The molecule has 0 amide bonds. The monoisotopic (exact) mass is 414 g/mol. The number of carboxylic acid groups (broad SMARTS) is 1. The van der Waals surface area contributed by atoms with Gasteiger partial charge < -0.3 is 25.2 Å². The van der Waals surface area contributed by atoms with Crippen molar-refractivity contribution in [2.75, 3.05) is 6.61 Å². The summed E-state index contributed by atoms with van der Waals surface area (Å²) in [4.78, 5) is 11.3. The Kier molecular flexibility index (Phi) is 12.7. The third kappa shape index (κ3) is 10.1. The summed E-state index contributed by atoms with van der Waals surface area (Å²) in [6.45, 7) is 3.47. The minimum absolute atomic E-state index is 0.0106. The van der Waals surface area contributed by atoms with E-state index in [1.54, 1.807) is 0 Å². The molecule has 0 aromatic carbocycles. The maximum Gasteiger partial charge on any atom is 0.364 e. The lowest BCUT2D eigenvalue weighted by Gasteiger charge is -2.24. The van der Waals surface area contributed by atoms with Gasteiger partial charge in [0, 0.05) is 6.42 Å². The Labute approximate surface area is 176 Å². The van der Waals surface area contributed by atoms with Crippen LogP contribution in [0.15, 0.2) is 12.2 Å². The van der Waals surface area contributed by atoms with Gasteiger partial charge in [0.1, 0.15) is 0 Å². The van der Waals surface area contributed by atoms with Crippen LogP contribution in [0.5, 0.6) is 0 Å². The second-order valence-electron chi connectivity index (χ2n) is 8.60. The predicted molar refractivity (Wildman–Crippen MR) is 113 cm³/mol. The lowest BCUT2D eigenvalue weighted by Crippen LogP contribution is -2.43. The van der Waals surface area contributed by atoms with E-state index in [9.17, 15) is 25.2 Å². The molecule has 0 radical (unpaired) electrons. The van der Waals surface area contributed by atoms with E-state index >= 15 is 0 Å². The lowest BCUT2D eigenvalue weighted by molar-refractivity contribution is -0.232. The van der Waals surface area contributed by atoms with Crippen molar-refractivity contribution in [3.05, 3.63) is 12.2 Å². The number of rotatable bonds is 16. The quantitative estimate of drug-likeness (QED) is 0.173. The number of hydrogen-bond acceptors (Lipinski definition) is 5. The predicted octanol–water partition coefficient (Wildman–Crippen LogP) is 4.02. The van der Waals surface area contributed by atoms with Gasteiger partial charge in [-0.05, 0) is 57.3 Å². The van der Waals surface area contributed by atoms with Gasteiger partial charge in [0.2, 0.25) is 0 Å². The molecule has 0 bridgehead atoms. The number of carbonyl (C=O) groups is 1. The van der Waals surface area contributed by atoms with Crippen molar-refractivity contribution in [1.82, 2.24) is 0 Å². The number of carboxylic acids is 1. The van der Waals surface area contributed by atoms with E-state index in [1.165, 1.54) is 32.6 Å². The molecule has 1 fully saturated rings. The molecule has 0 aromatic rings. The highest BCUT2D eigenvalue weighted by Crippen LogP contribution is 2.37. The minimum Gasteiger partial charge on any atom is -0.477 e. The fraction of sp³-hybridized carbons (Fsp3) is 0.870. The van der Waals surface area contributed by atoms with E-state index in [4.69, 9.17) is 4.74 Å². The van der Waals surface area contributed by atoms with Gasteiger partial charge in [-0.25, -0.2) is 4.79 Å². The first-order valence-electron chi connectivity index (χ1n) is 11.4. The van der Waals surface area contributed by atoms with Crippen LogP contribution in [0.1, 0.15) is 90.9 Å². The average molecular weight is 415 g/mol. The molecule has 0 aliphatic heterocycles. The first-order valence-corrected chi connectivity index (χ1v) is 11.4. The van der Waals surface area contributed by atoms with Crippen molar-refractivity contribution in [3.63, 3.8) is 0 Å². The Hall–Kier alpha value is -0.950. The van der Waals surface area contributed by atoms with E-state index in [0.717, 1.165) is 38.5 Å². The Morgan fingerprint density at radius 3 is 2.55 bits per heavy atom. The number of ether oxygens (including phenoxy) is 1. The van der Waals surface area contributed by atoms with Crippen molar-refractivity contribution < 1.29 is 30.0 Å². The Bertz CT molecular complexity index is 478. The molecule has 6 heteroatoms. The second kappa shape index (κ2) is 14.1. The number of aliphatic hydroxyl groups excluding tert-OH is 2. The summed E-state index contributed by atoms with van der Waals surface area (Å²) in [5, 5.41) is 38.9. The molecule has 5 atom stereocenters. The normalized spacial score (nSPS) is 25.3. The van der Waals surface area contributed by atoms with E-state index < -0.39 is 17.9 Å². The molecular weight excluding hydrogens is 372 g/mol. The SMILES string of the molecule is CCCCCCC=C[C@H]1CC[C@H](O)[C@@H]1CCCCCC(O)(OCC(C)O)C(=O)O. The van der Waals surface area contributed by atoms with E-state index in [2.05, 4.69) is 19.1 Å². The van der Waals surface area contributed by atoms with Crippen LogP contribution in [0.4, 0.5) is 0 Å². The molecule has 0 heterocycles. The maximum atomic E-state index is 11.3. The fourth-order valence-electron chi connectivity index (χ4n) is 4.10. The summed E-state index contributed by atoms with van der Waals surface area (Å²) in [7, 11) is 0. The molecule has 1 saturated carbocycles. The maximum absolute atomic E-state index is 11.3. The Balaban J connectivity index is 2.33. The number of unbranched alkanes of at least 4 members (excludes halogenated alkanes) is 6. The van der Waals surface area contributed by atoms with Crippen molar-refractivity contribution in [2.45, 2.75) is 109 Å². The zero-order valence-electron chi connectivity index (χ0n) is 18.3. The van der Waals surface area contributed by atoms with Gasteiger partial charge in [-0.2, -0.15) is 0 Å². The van der Waals surface area contributed by atoms with Crippen LogP contribution in [0.3, 0.4) is 0 Å². The number of aliphatic hydroxyl groups is 3. The van der Waals surface area contributed by atoms with Gasteiger partial charge in [-0.15, -0.1) is 0 Å². The van der Waals surface area contributed by atoms with Crippen LogP contribution < -0.4 is 0 Å². The van der Waals surface area contributed by atoms with Crippen LogP contribution in [0, 0.1) is 11.8 Å². The molecule has 4 N–H and O–H groups in total. The topological polar surface area (TPSA) is 107 Å². The lowest BCUT2D eigenvalue weighted by atomic mass is 9.88. The van der Waals surface area contributed by atoms with Gasteiger partial charge in [0.25, 0.3) is 5.79 Å². The first kappa shape index (κ1) is 26.1. The molecule has 1 aliphatic carbocycles. The highest BCUT2D eigenvalue weighted by Gasteiger charge is 2.37. The van der Waals surface area contributed by atoms with E-state index in [-0.39, 0.29) is 25.0 Å². The summed E-state index contributed by atoms with van der Waals surface area (Å²) in [5.41, 5.74) is 0. The van der Waals surface area contributed by atoms with Crippen molar-refractivity contribution >= 4 is 5.97 Å². The van der Waals surface area contributed by atoms with Gasteiger partial charge >= 0.3 is 5.97 Å².